The van der Waals surface area contributed by atoms with Gasteiger partial charge in [0.05, 0.1) is 22.3 Å². The fourth-order valence-electron chi connectivity index (χ4n) is 1.90. The largest absolute Gasteiger partial charge is 0.362 e. The first-order valence-electron chi connectivity index (χ1n) is 5.41. The molecule has 3 rings (SSSR count). The van der Waals surface area contributed by atoms with Crippen molar-refractivity contribution >= 4 is 45.2 Å². The van der Waals surface area contributed by atoms with Crippen LogP contribution in [-0.2, 0) is 0 Å². The van der Waals surface area contributed by atoms with Gasteiger partial charge in [0.2, 0.25) is 0 Å². The number of hydrogen-bond donors (Lipinski definition) is 1. The van der Waals surface area contributed by atoms with Gasteiger partial charge in [-0.1, -0.05) is 0 Å². The number of anilines is 2. The Hall–Kier alpha value is -2.02. The molecular weight excluding hydrogens is 250 g/mol. The zero-order valence-corrected chi connectivity index (χ0v) is 10.8. The van der Waals surface area contributed by atoms with E-state index in [1.54, 1.807) is 6.34 Å². The first-order valence-corrected chi connectivity index (χ1v) is 6.23. The zero-order chi connectivity index (χ0) is 12.7. The summed E-state index contributed by atoms with van der Waals surface area (Å²) in [6, 6.07) is 0. The average molecular weight is 261 g/mol. The highest BCUT2D eigenvalue weighted by Gasteiger charge is 2.23. The second-order valence-corrected chi connectivity index (χ2v) is 5.11. The maximum absolute atomic E-state index is 12.0. The van der Waals surface area contributed by atoms with E-state index < -0.39 is 0 Å². The van der Waals surface area contributed by atoms with Crippen molar-refractivity contribution in [2.24, 2.45) is 4.99 Å². The Labute approximate surface area is 107 Å². The standard InChI is InChI=1S/C11H11N5OS/c1-16(2)10-7-8-9(6(17)3-12-4-13-8)18-11(7)15-5-14-10/h4-5H,3H2,1-2H3,(H,12,13). The number of nitrogens with one attached hydrogen (secondary N) is 1. The van der Waals surface area contributed by atoms with E-state index >= 15 is 0 Å². The molecule has 0 radical (unpaired) electrons. The number of Topliss-reactive ketones (excluding diaryl/α,β-unsaturated/α-hetero) is 1. The molecule has 3 heterocycles. The number of hydrogen-bond acceptors (Lipinski definition) is 7. The van der Waals surface area contributed by atoms with Gasteiger partial charge < -0.3 is 10.2 Å². The lowest BCUT2D eigenvalue weighted by atomic mass is 10.2. The van der Waals surface area contributed by atoms with Gasteiger partial charge >= 0.3 is 0 Å². The van der Waals surface area contributed by atoms with Crippen LogP contribution in [0.1, 0.15) is 9.67 Å². The molecular formula is C11H11N5OS. The lowest BCUT2D eigenvalue weighted by Crippen LogP contribution is -2.11. The highest BCUT2D eigenvalue weighted by molar-refractivity contribution is 7.21. The summed E-state index contributed by atoms with van der Waals surface area (Å²) in [6.07, 6.45) is 3.08. The van der Waals surface area contributed by atoms with Crippen LogP contribution in [0.3, 0.4) is 0 Å². The first-order chi connectivity index (χ1) is 8.68. The number of aromatic nitrogens is 2. The minimum absolute atomic E-state index is 0.0129. The van der Waals surface area contributed by atoms with Gasteiger partial charge in [0.1, 0.15) is 23.5 Å². The third-order valence-corrected chi connectivity index (χ3v) is 3.82. The topological polar surface area (TPSA) is 70.5 Å². The summed E-state index contributed by atoms with van der Waals surface area (Å²) in [6.45, 7) is 0.178. The van der Waals surface area contributed by atoms with Crippen molar-refractivity contribution in [1.29, 1.82) is 0 Å². The fourth-order valence-corrected chi connectivity index (χ4v) is 2.93. The molecule has 0 aliphatic carbocycles. The third-order valence-electron chi connectivity index (χ3n) is 2.68. The summed E-state index contributed by atoms with van der Waals surface area (Å²) in [5, 5.41) is 3.94. The highest BCUT2D eigenvalue weighted by Crippen LogP contribution is 2.39. The molecule has 0 saturated heterocycles. The number of aliphatic imine (C=N–C) groups is 1. The summed E-state index contributed by atoms with van der Waals surface area (Å²) < 4.78 is 0. The Kier molecular flexibility index (Phi) is 2.48. The monoisotopic (exact) mass is 261 g/mol. The maximum Gasteiger partial charge on any atom is 0.196 e. The van der Waals surface area contributed by atoms with Gasteiger partial charge in [-0.2, -0.15) is 0 Å². The van der Waals surface area contributed by atoms with Crippen LogP contribution in [0.15, 0.2) is 11.3 Å². The molecule has 0 unspecified atom stereocenters. The normalized spacial score (nSPS) is 14.2. The Balaban J connectivity index is 2.36. The number of fused-ring (bicyclic) bond motifs is 3. The zero-order valence-electron chi connectivity index (χ0n) is 9.97. The number of thiophene rings is 1. The number of ketones is 1. The van der Waals surface area contributed by atoms with Crippen LogP contribution in [0.2, 0.25) is 0 Å². The Morgan fingerprint density at radius 3 is 3.00 bits per heavy atom. The molecule has 0 spiro atoms. The highest BCUT2D eigenvalue weighted by atomic mass is 32.1. The molecule has 1 aliphatic rings. The van der Waals surface area contributed by atoms with E-state index in [2.05, 4.69) is 20.3 Å². The van der Waals surface area contributed by atoms with Crippen LogP contribution in [0.25, 0.3) is 10.2 Å². The molecule has 0 saturated carbocycles. The van der Waals surface area contributed by atoms with E-state index in [-0.39, 0.29) is 12.3 Å². The van der Waals surface area contributed by atoms with E-state index in [1.807, 2.05) is 19.0 Å². The van der Waals surface area contributed by atoms with Gasteiger partial charge in [0, 0.05) is 14.1 Å². The van der Waals surface area contributed by atoms with Gasteiger partial charge in [0.25, 0.3) is 0 Å². The predicted molar refractivity (Wildman–Crippen MR) is 73.1 cm³/mol. The van der Waals surface area contributed by atoms with Crippen molar-refractivity contribution in [2.45, 2.75) is 0 Å². The third kappa shape index (κ3) is 1.55. The van der Waals surface area contributed by atoms with E-state index in [1.165, 1.54) is 17.7 Å². The Morgan fingerprint density at radius 1 is 1.39 bits per heavy atom. The second kappa shape index (κ2) is 4.02. The van der Waals surface area contributed by atoms with Crippen LogP contribution in [0.4, 0.5) is 11.5 Å². The van der Waals surface area contributed by atoms with Gasteiger partial charge in [-0.15, -0.1) is 11.3 Å². The van der Waals surface area contributed by atoms with E-state index in [4.69, 9.17) is 0 Å². The second-order valence-electron chi connectivity index (χ2n) is 4.12. The van der Waals surface area contributed by atoms with E-state index in [9.17, 15) is 4.79 Å². The van der Waals surface area contributed by atoms with Gasteiger partial charge in [-0.3, -0.25) is 9.79 Å². The number of nitrogens with zero attached hydrogens (tertiary/aromatic N) is 4. The summed E-state index contributed by atoms with van der Waals surface area (Å²) in [5.41, 5.74) is 0.769. The molecule has 6 nitrogen and oxygen atoms in total. The minimum atomic E-state index is 0.0129. The van der Waals surface area contributed by atoms with Crippen LogP contribution >= 0.6 is 11.3 Å². The first kappa shape index (κ1) is 11.1. The fraction of sp³-hybridized carbons (Fsp3) is 0.273. The molecule has 0 aromatic carbocycles. The molecule has 2 aromatic rings. The maximum atomic E-state index is 12.0. The van der Waals surface area contributed by atoms with Crippen molar-refractivity contribution in [3.05, 3.63) is 11.2 Å². The molecule has 2 aromatic heterocycles. The summed E-state index contributed by atoms with van der Waals surface area (Å²) in [5.74, 6) is 0.812. The van der Waals surface area contributed by atoms with Crippen LogP contribution in [-0.4, -0.2) is 42.7 Å². The quantitative estimate of drug-likeness (QED) is 0.840. The van der Waals surface area contributed by atoms with Gasteiger partial charge in [-0.25, -0.2) is 9.97 Å². The lowest BCUT2D eigenvalue weighted by Gasteiger charge is -2.12. The molecule has 1 aliphatic heterocycles. The SMILES string of the molecule is CN(C)c1ncnc2sc3c(c12)NC=NCC3=O. The minimum Gasteiger partial charge on any atom is -0.362 e. The van der Waals surface area contributed by atoms with Crippen LogP contribution in [0.5, 0.6) is 0 Å². The molecule has 1 N–H and O–H groups in total. The van der Waals surface area contributed by atoms with Crippen molar-refractivity contribution in [2.75, 3.05) is 30.9 Å². The molecule has 0 atom stereocenters. The van der Waals surface area contributed by atoms with Crippen LogP contribution < -0.4 is 10.2 Å². The van der Waals surface area contributed by atoms with Crippen LogP contribution in [0, 0.1) is 0 Å². The number of carbonyl (C=O) groups excluding carboxylic acids is 1. The lowest BCUT2D eigenvalue weighted by molar-refractivity contribution is 0.101. The van der Waals surface area contributed by atoms with Crippen molar-refractivity contribution in [1.82, 2.24) is 9.97 Å². The molecule has 92 valence electrons. The molecule has 18 heavy (non-hydrogen) atoms. The summed E-state index contributed by atoms with van der Waals surface area (Å²) >= 11 is 1.38. The Morgan fingerprint density at radius 2 is 2.22 bits per heavy atom. The molecule has 0 amide bonds. The summed E-state index contributed by atoms with van der Waals surface area (Å²) in [4.78, 5) is 27.8. The molecule has 0 bridgehead atoms. The molecule has 0 fully saturated rings. The van der Waals surface area contributed by atoms with E-state index in [0.29, 0.717) is 4.88 Å². The van der Waals surface area contributed by atoms with Gasteiger partial charge in [0.15, 0.2) is 5.78 Å². The van der Waals surface area contributed by atoms with Gasteiger partial charge in [-0.05, 0) is 0 Å². The van der Waals surface area contributed by atoms with Crippen molar-refractivity contribution in [3.63, 3.8) is 0 Å². The van der Waals surface area contributed by atoms with Crippen molar-refractivity contribution < 1.29 is 4.79 Å². The van der Waals surface area contributed by atoms with Crippen molar-refractivity contribution in [3.8, 4) is 0 Å². The predicted octanol–water partition coefficient (Wildman–Crippen LogP) is 1.39. The van der Waals surface area contributed by atoms with E-state index in [0.717, 1.165) is 21.7 Å². The Bertz CT molecular complexity index is 661. The average Bonchev–Trinajstić information content (AvgIpc) is 2.63. The molecule has 7 heteroatoms. The summed E-state index contributed by atoms with van der Waals surface area (Å²) in [7, 11) is 3.83. The number of carbonyl (C=O) groups is 1. The number of rotatable bonds is 1. The smallest absolute Gasteiger partial charge is 0.196 e.